The maximum atomic E-state index is 13.0. The lowest BCUT2D eigenvalue weighted by Gasteiger charge is -2.30. The number of hydrogen-bond acceptors (Lipinski definition) is 28. The number of amides is 6. The zero-order valence-corrected chi connectivity index (χ0v) is 93.4. The summed E-state index contributed by atoms with van der Waals surface area (Å²) in [5, 5.41) is 56.2. The van der Waals surface area contributed by atoms with Crippen LogP contribution in [0.2, 0.25) is 0 Å². The molecule has 139 heavy (non-hydrogen) atoms. The minimum absolute atomic E-state index is 0.0151. The molecule has 3 aromatic rings. The second-order valence-electron chi connectivity index (χ2n) is 39.6. The van der Waals surface area contributed by atoms with Crippen LogP contribution >= 0.6 is 105 Å². The molecule has 1 aliphatic carbocycles. The van der Waals surface area contributed by atoms with Crippen molar-refractivity contribution in [2.75, 3.05) is 129 Å². The molecule has 41 heteroatoms. The Hall–Kier alpha value is -7.51. The van der Waals surface area contributed by atoms with Crippen LogP contribution < -0.4 is 9.80 Å². The molecule has 1 fully saturated rings. The largest absolute Gasteiger partial charge is 0.480 e. The van der Waals surface area contributed by atoms with Crippen molar-refractivity contribution in [3.05, 3.63) is 76.7 Å². The van der Waals surface area contributed by atoms with Crippen LogP contribution in [0.15, 0.2) is 70.9 Å². The van der Waals surface area contributed by atoms with Crippen molar-refractivity contribution in [2.24, 2.45) is 68.0 Å². The Morgan fingerprint density at radius 3 is 1.01 bits per heavy atom. The number of thiophene rings is 1. The summed E-state index contributed by atoms with van der Waals surface area (Å²) in [6.45, 7) is 42.7. The van der Waals surface area contributed by atoms with Gasteiger partial charge in [0.1, 0.15) is 45.1 Å². The van der Waals surface area contributed by atoms with E-state index in [0.717, 1.165) is 130 Å². The molecule has 31 nitrogen and oxygen atoms in total. The van der Waals surface area contributed by atoms with Gasteiger partial charge in [0.25, 0.3) is 0 Å². The van der Waals surface area contributed by atoms with Crippen LogP contribution in [0.4, 0.5) is 15.8 Å². The summed E-state index contributed by atoms with van der Waals surface area (Å²) >= 11 is 11.5. The Kier molecular flexibility index (Phi) is 63.8. The number of carbonyl (C=O) groups is 18. The SMILES string of the molecule is CC(CSC(=O)C(C)(C)C)C(=O)N(CC(=O)O)Cc1cccs1.CC(CSC(=O)C(C)(C)C)C(=O)N(CC(=O)O)c1ccc(F)cc1.COCCCN(CC(=O)O)C(=O)C(C)CSC(=O)C(C)(C)C.CSCCCCN(CC(=O)O)C(=O)C(C)CSC(=O)C(C)(C)C.CSc1cccc(N(CC(=O)O)C(=O)C(C)CSC(=O)C(C)(C)C)c1.C[C@@H](CSC(=O)C(C)(C)C)C(=O)N(CC(=O)O)C1CCCC1. The van der Waals surface area contributed by atoms with Gasteiger partial charge in [0, 0.05) is 157 Å². The van der Waals surface area contributed by atoms with Crippen LogP contribution in [-0.2, 0) is 97.6 Å². The van der Waals surface area contributed by atoms with Gasteiger partial charge in [-0.15, -0.1) is 23.1 Å². The summed E-state index contributed by atoms with van der Waals surface area (Å²) in [7, 11) is 1.56. The zero-order valence-electron chi connectivity index (χ0n) is 86.0. The Bertz CT molecular complexity index is 4440. The molecule has 786 valence electrons. The molecular formula is C98H153FN6O25S9. The molecule has 0 saturated heterocycles. The molecule has 1 aromatic heterocycles. The topological polar surface area (TPSA) is 457 Å². The van der Waals surface area contributed by atoms with Crippen molar-refractivity contribution in [2.45, 2.75) is 229 Å². The summed E-state index contributed by atoms with van der Waals surface area (Å²) in [4.78, 5) is 223. The van der Waals surface area contributed by atoms with Crippen LogP contribution in [0.25, 0.3) is 0 Å². The fraction of sp³-hybridized carbons (Fsp3) is 0.653. The molecule has 0 bridgehead atoms. The molecule has 2 aromatic carbocycles. The first-order valence-electron chi connectivity index (χ1n) is 45.5. The van der Waals surface area contributed by atoms with Gasteiger partial charge in [-0.1, -0.05) is 262 Å². The highest BCUT2D eigenvalue weighted by molar-refractivity contribution is 8.15. The van der Waals surface area contributed by atoms with Crippen molar-refractivity contribution in [1.29, 1.82) is 0 Å². The molecule has 0 radical (unpaired) electrons. The first-order valence-corrected chi connectivity index (χ1v) is 54.9. The van der Waals surface area contributed by atoms with Crippen molar-refractivity contribution in [3.63, 3.8) is 0 Å². The van der Waals surface area contributed by atoms with Gasteiger partial charge in [0.05, 0.1) is 6.54 Å². The zero-order chi connectivity index (χ0) is 108. The Balaban J connectivity index is 0. The van der Waals surface area contributed by atoms with E-state index in [1.54, 1.807) is 99.4 Å². The van der Waals surface area contributed by atoms with E-state index in [1.807, 2.05) is 140 Å². The van der Waals surface area contributed by atoms with E-state index in [9.17, 15) is 90.7 Å². The minimum Gasteiger partial charge on any atom is -0.480 e. The summed E-state index contributed by atoms with van der Waals surface area (Å²) in [6, 6.07) is 16.0. The van der Waals surface area contributed by atoms with Crippen LogP contribution in [0.1, 0.15) is 216 Å². The number of nitrogens with zero attached hydrogens (tertiary/aromatic N) is 6. The van der Waals surface area contributed by atoms with Gasteiger partial charge < -0.3 is 64.8 Å². The summed E-state index contributed by atoms with van der Waals surface area (Å²) in [5.74, 6) is -7.79. The molecule has 1 aliphatic rings. The first-order chi connectivity index (χ1) is 64.0. The molecule has 6 N–H and O–H groups in total. The van der Waals surface area contributed by atoms with E-state index < -0.39 is 117 Å². The van der Waals surface area contributed by atoms with Gasteiger partial charge in [-0.3, -0.25) is 86.3 Å². The van der Waals surface area contributed by atoms with E-state index >= 15 is 0 Å². The van der Waals surface area contributed by atoms with Crippen molar-refractivity contribution in [3.8, 4) is 0 Å². The predicted molar refractivity (Wildman–Crippen MR) is 563 cm³/mol. The van der Waals surface area contributed by atoms with Gasteiger partial charge in [0.2, 0.25) is 35.4 Å². The van der Waals surface area contributed by atoms with E-state index in [0.29, 0.717) is 66.3 Å². The predicted octanol–water partition coefficient (Wildman–Crippen LogP) is 17.7. The third-order valence-corrected chi connectivity index (χ3v) is 31.1. The maximum absolute atomic E-state index is 13.0. The number of ether oxygens (including phenoxy) is 1. The fourth-order valence-corrected chi connectivity index (χ4v) is 19.0. The van der Waals surface area contributed by atoms with Crippen molar-refractivity contribution in [1.82, 2.24) is 19.6 Å². The number of benzene rings is 2. The van der Waals surface area contributed by atoms with Gasteiger partial charge >= 0.3 is 35.8 Å². The molecule has 6 atom stereocenters. The van der Waals surface area contributed by atoms with E-state index in [2.05, 4.69) is 0 Å². The molecular weight excluding hydrogens is 1970 g/mol. The van der Waals surface area contributed by atoms with Gasteiger partial charge in [-0.05, 0) is 104 Å². The molecule has 6 amide bonds. The van der Waals surface area contributed by atoms with E-state index in [1.165, 1.54) is 71.9 Å². The van der Waals surface area contributed by atoms with E-state index in [-0.39, 0.29) is 117 Å². The third-order valence-electron chi connectivity index (χ3n) is 19.6. The lowest BCUT2D eigenvalue weighted by atomic mass is 9.99. The smallest absolute Gasteiger partial charge is 0.323 e. The minimum atomic E-state index is -1.17. The summed E-state index contributed by atoms with van der Waals surface area (Å²) in [6.07, 6.45) is 10.1. The number of rotatable bonds is 45. The number of methoxy groups -OCH3 is 1. The molecule has 0 spiro atoms. The summed E-state index contributed by atoms with van der Waals surface area (Å²) < 4.78 is 18.0. The number of aliphatic carboxylic acids is 6. The lowest BCUT2D eigenvalue weighted by molar-refractivity contribution is -0.147. The highest BCUT2D eigenvalue weighted by Crippen LogP contribution is 2.34. The van der Waals surface area contributed by atoms with Gasteiger partial charge in [0.15, 0.2) is 30.7 Å². The number of thioether (sulfide) groups is 8. The van der Waals surface area contributed by atoms with Crippen LogP contribution in [-0.4, -0.2) is 277 Å². The second-order valence-corrected chi connectivity index (χ2v) is 48.5. The first kappa shape index (κ1) is 134. The van der Waals surface area contributed by atoms with Crippen LogP contribution in [0, 0.1) is 73.8 Å². The standard InChI is InChI=1S/C18H25NO4S2.C17H22FNO4S.C16H23NO4S2.C16H29NO4S2.C16H27NO4S.C15H27NO5S/c1-12(11-25-17(23)18(2,3)4)16(22)19(10-15(20)21)13-7-6-8-14(9-13)24-5;1-11(10-24-16(23)17(2,3)4)15(22)19(9-14(20)21)13-7-5-12(18)6-8-13;1-11(10-23-15(21)16(2,3)4)14(20)17(9-13(18)19)8-12-6-5-7-22-12;1-12(11-23-15(21)16(2,3)4)14(20)17(10-13(18)19)8-6-7-9-22-5;1-11(10-22-15(21)16(2,3)4)14(20)17(9-13(18)19)12-7-5-6-8-12;1-11(10-22-14(20)15(2,3)4)13(19)16(9-12(17)18)7-6-8-21-5/h6-9,12H,10-11H2,1-5H3,(H,20,21);5-8,11H,9-10H2,1-4H3,(H,20,21);5-7,11H,8-10H2,1-4H3,(H,18,19);12H,6-11H2,1-5H3,(H,18,19);11-12H,5-10H2,1-4H3,(H,18,19);11H,6-10H2,1-5H3,(H,17,18)/t;;;;11-;/m....0./s1. The molecule has 4 rings (SSSR count). The number of unbranched alkanes of at least 4 members (excludes halogenated alkanes) is 1. The maximum Gasteiger partial charge on any atom is 0.323 e. The molecule has 5 unspecified atom stereocenters. The van der Waals surface area contributed by atoms with Crippen LogP contribution in [0.3, 0.4) is 0 Å². The average Bonchev–Trinajstić information content (AvgIpc) is 1.76. The lowest BCUT2D eigenvalue weighted by Crippen LogP contribution is -2.45. The Labute approximate surface area is 860 Å². The van der Waals surface area contributed by atoms with Gasteiger partial charge in [-0.2, -0.15) is 11.8 Å². The second kappa shape index (κ2) is 66.4. The Morgan fingerprint density at radius 2 is 0.705 bits per heavy atom. The van der Waals surface area contributed by atoms with Crippen LogP contribution in [0.5, 0.6) is 0 Å². The van der Waals surface area contributed by atoms with E-state index in [4.69, 9.17) is 35.4 Å². The molecule has 1 saturated carbocycles. The van der Waals surface area contributed by atoms with Crippen molar-refractivity contribution < 1.29 is 126 Å². The number of anilines is 2. The Morgan fingerprint density at radius 1 is 0.388 bits per heavy atom. The van der Waals surface area contributed by atoms with Gasteiger partial charge in [-0.25, -0.2) is 4.39 Å². The third kappa shape index (κ3) is 57.5. The average molecular weight is 2120 g/mol. The molecule has 0 aliphatic heterocycles. The summed E-state index contributed by atoms with van der Waals surface area (Å²) in [5.41, 5.74) is -1.89. The fourth-order valence-electron chi connectivity index (χ4n) is 11.5. The highest BCUT2D eigenvalue weighted by atomic mass is 32.2. The quantitative estimate of drug-likeness (QED) is 0.0226. The van der Waals surface area contributed by atoms with Crippen molar-refractivity contribution >= 4 is 219 Å². The highest BCUT2D eigenvalue weighted by Gasteiger charge is 2.37. The number of carboxylic acids is 6. The number of halogens is 1. The number of hydrogen-bond donors (Lipinski definition) is 6. The number of carbonyl (C=O) groups excluding carboxylic acids is 12. The monoisotopic (exact) mass is 2120 g/mol. The molecule has 1 heterocycles. The number of carboxylic acid groups (broad SMARTS) is 6. The normalized spacial score (nSPS) is 13.4.